The second-order valence-electron chi connectivity index (χ2n) is 0. The van der Waals surface area contributed by atoms with E-state index in [9.17, 15) is 0 Å². The largest absolute Gasteiger partial charge is 0.412 e. The smallest absolute Gasteiger partial charge is 0 e. The first-order valence-electron chi connectivity index (χ1n) is 0.367. The van der Waals surface area contributed by atoms with Crippen molar-refractivity contribution in [3.8, 4) is 0 Å². The van der Waals surface area contributed by atoms with Crippen molar-refractivity contribution in [3.63, 3.8) is 0 Å². The summed E-state index contributed by atoms with van der Waals surface area (Å²) < 4.78 is 0. The van der Waals surface area contributed by atoms with Gasteiger partial charge in [0, 0.05) is 9.93 Å². The van der Waals surface area contributed by atoms with E-state index in [1.807, 2.05) is 0 Å². The van der Waals surface area contributed by atoms with Gasteiger partial charge in [0.25, 0.3) is 0 Å². The van der Waals surface area contributed by atoms with Gasteiger partial charge in [0.2, 0.25) is 0 Å². The van der Waals surface area contributed by atoms with Crippen molar-refractivity contribution in [2.24, 2.45) is 0 Å². The topological polar surface area (TPSA) is 106 Å². The third-order valence-electron chi connectivity index (χ3n) is 0. The SMILES string of the molecule is C.O.O=O.OO. The summed E-state index contributed by atoms with van der Waals surface area (Å²) in [7, 11) is 0. The van der Waals surface area contributed by atoms with Gasteiger partial charge in [-0.05, 0) is 0 Å². The van der Waals surface area contributed by atoms with Crippen LogP contribution in [-0.4, -0.2) is 16.0 Å². The highest BCUT2D eigenvalue weighted by Crippen LogP contribution is 0.741. The maximum Gasteiger partial charge on any atom is 0 e. The van der Waals surface area contributed by atoms with Crippen molar-refractivity contribution >= 4 is 0 Å². The second-order valence-corrected chi connectivity index (χ2v) is 0. The Morgan fingerprint density at radius 2 is 1.00 bits per heavy atom. The average molecular weight is 100 g/mol. The fraction of sp³-hybridized carbons (Fsp3) is 1.00. The number of hydrogen-bond donors (Lipinski definition) is 2. The molecule has 0 bridgehead atoms. The van der Waals surface area contributed by atoms with Crippen LogP contribution in [0.2, 0.25) is 0 Å². The second kappa shape index (κ2) is 201. The van der Waals surface area contributed by atoms with Crippen molar-refractivity contribution in [1.82, 2.24) is 0 Å². The third-order valence-corrected chi connectivity index (χ3v) is 0. The lowest BCUT2D eigenvalue weighted by molar-refractivity contribution is -0.176. The van der Waals surface area contributed by atoms with Crippen molar-refractivity contribution in [2.75, 3.05) is 0 Å². The molecule has 0 aliphatic carbocycles. The summed E-state index contributed by atoms with van der Waals surface area (Å²) in [6, 6.07) is 0. The summed E-state index contributed by atoms with van der Waals surface area (Å²) in [5, 5.41) is 12.0. The van der Waals surface area contributed by atoms with Crippen molar-refractivity contribution < 1.29 is 16.0 Å². The number of rotatable bonds is 0. The minimum absolute atomic E-state index is 0. The molecule has 0 aliphatic rings. The van der Waals surface area contributed by atoms with E-state index in [4.69, 9.17) is 20.4 Å². The minimum Gasteiger partial charge on any atom is -0.412 e. The van der Waals surface area contributed by atoms with E-state index in [2.05, 4.69) is 0 Å². The van der Waals surface area contributed by atoms with Crippen molar-refractivity contribution in [3.05, 3.63) is 9.93 Å². The summed E-state index contributed by atoms with van der Waals surface area (Å²) in [5.74, 6) is 0. The molecule has 0 atom stereocenters. The predicted octanol–water partition coefficient (Wildman–Crippen LogP) is -0.104. The normalized spacial score (nSPS) is 1.67. The predicted molar refractivity (Wildman–Crippen MR) is 22.3 cm³/mol. The summed E-state index contributed by atoms with van der Waals surface area (Å²) in [6.45, 7) is 0. The van der Waals surface area contributed by atoms with Crippen LogP contribution < -0.4 is 0 Å². The maximum absolute atomic E-state index is 7.00. The summed E-state index contributed by atoms with van der Waals surface area (Å²) in [5.41, 5.74) is 0. The van der Waals surface area contributed by atoms with Crippen molar-refractivity contribution in [2.45, 2.75) is 7.43 Å². The first kappa shape index (κ1) is 50.2. The molecule has 0 aromatic heterocycles. The Balaban J connectivity index is -0.00000000500. The molecule has 0 rings (SSSR count). The van der Waals surface area contributed by atoms with Crippen LogP contribution in [-0.2, 0) is 0 Å². The van der Waals surface area contributed by atoms with Gasteiger partial charge in [-0.1, -0.05) is 7.43 Å². The van der Waals surface area contributed by atoms with Gasteiger partial charge in [0.15, 0.2) is 0 Å². The lowest BCUT2D eigenvalue weighted by atomic mass is 12.0. The molecule has 0 aromatic rings. The van der Waals surface area contributed by atoms with Gasteiger partial charge in [-0.2, -0.15) is 0 Å². The maximum atomic E-state index is 7.00. The molecule has 0 radical (unpaired) electrons. The van der Waals surface area contributed by atoms with Crippen LogP contribution in [0.4, 0.5) is 0 Å². The molecule has 0 aromatic carbocycles. The van der Waals surface area contributed by atoms with Crippen LogP contribution in [0.3, 0.4) is 0 Å². The third kappa shape index (κ3) is 79.2. The Kier molecular flexibility index (Phi) is 1680. The molecule has 0 aliphatic heterocycles. The highest BCUT2D eigenvalue weighted by atomic mass is 17.0. The van der Waals surface area contributed by atoms with Crippen LogP contribution in [0.25, 0.3) is 0 Å². The van der Waals surface area contributed by atoms with Gasteiger partial charge >= 0.3 is 0 Å². The molecule has 0 saturated carbocycles. The molecular weight excluding hydrogens is 92.0 g/mol. The van der Waals surface area contributed by atoms with Crippen LogP contribution in [0, 0.1) is 9.93 Å². The van der Waals surface area contributed by atoms with Gasteiger partial charge < -0.3 is 5.48 Å². The molecular formula is CH8O5. The van der Waals surface area contributed by atoms with Gasteiger partial charge in [0.1, 0.15) is 0 Å². The zero-order valence-electron chi connectivity index (χ0n) is 2.21. The highest BCUT2D eigenvalue weighted by Gasteiger charge is 0.746. The van der Waals surface area contributed by atoms with Gasteiger partial charge in [0.05, 0.1) is 0 Å². The molecule has 6 heavy (non-hydrogen) atoms. The minimum atomic E-state index is 0. The molecule has 4 N–H and O–H groups in total. The fourth-order valence-corrected chi connectivity index (χ4v) is 0. The van der Waals surface area contributed by atoms with E-state index in [0.717, 1.165) is 0 Å². The van der Waals surface area contributed by atoms with E-state index in [-0.39, 0.29) is 12.9 Å². The standard InChI is InChI=1S/CH4.H2O2.O2.H2O/c;2*1-2;/h1H4;1-2H;;1H2. The van der Waals surface area contributed by atoms with Gasteiger partial charge in [-0.3, -0.25) is 10.5 Å². The highest BCUT2D eigenvalue weighted by molar-refractivity contribution is 4.07. The Hall–Kier alpha value is -0.520. The lowest BCUT2D eigenvalue weighted by Gasteiger charge is -1.25. The van der Waals surface area contributed by atoms with Gasteiger partial charge in [-0.15, -0.1) is 0 Å². The Labute approximate surface area is 34.7 Å². The zero-order valence-corrected chi connectivity index (χ0v) is 2.21. The number of hydrogen-bond acceptors (Lipinski definition) is 4. The molecule has 0 unspecified atom stereocenters. The van der Waals surface area contributed by atoms with E-state index >= 15 is 0 Å². The summed E-state index contributed by atoms with van der Waals surface area (Å²) >= 11 is 0. The average Bonchev–Trinajstić information content (AvgIpc) is 1.50. The molecule has 0 fully saturated rings. The van der Waals surface area contributed by atoms with E-state index in [1.54, 1.807) is 0 Å². The molecule has 5 heteroatoms. The van der Waals surface area contributed by atoms with Crippen LogP contribution in [0.5, 0.6) is 0 Å². The molecule has 0 spiro atoms. The molecule has 42 valence electrons. The lowest BCUT2D eigenvalue weighted by Crippen LogP contribution is -1.29. The molecule has 0 heterocycles. The monoisotopic (exact) mass is 100 g/mol. The Morgan fingerprint density at radius 3 is 1.00 bits per heavy atom. The summed E-state index contributed by atoms with van der Waals surface area (Å²) in [6.07, 6.45) is 0. The van der Waals surface area contributed by atoms with Crippen LogP contribution in [0.1, 0.15) is 7.43 Å². The van der Waals surface area contributed by atoms with Crippen molar-refractivity contribution in [1.29, 1.82) is 0 Å². The Morgan fingerprint density at radius 1 is 1.00 bits per heavy atom. The molecule has 0 amide bonds. The van der Waals surface area contributed by atoms with Crippen LogP contribution in [0.15, 0.2) is 0 Å². The summed E-state index contributed by atoms with van der Waals surface area (Å²) in [4.78, 5) is 14.0. The van der Waals surface area contributed by atoms with Crippen LogP contribution >= 0.6 is 0 Å². The quantitative estimate of drug-likeness (QED) is 0.327. The first-order valence-corrected chi connectivity index (χ1v) is 0.367. The van der Waals surface area contributed by atoms with E-state index < -0.39 is 0 Å². The van der Waals surface area contributed by atoms with E-state index in [0.29, 0.717) is 0 Å². The fourth-order valence-electron chi connectivity index (χ4n) is 0. The Bertz CT molecular complexity index is 3.90. The zero-order chi connectivity index (χ0) is 4.00. The first-order chi connectivity index (χ1) is 2.00. The molecule has 5 nitrogen and oxygen atoms in total. The van der Waals surface area contributed by atoms with E-state index in [1.165, 1.54) is 0 Å². The molecule has 0 saturated heterocycles. The van der Waals surface area contributed by atoms with Gasteiger partial charge in [-0.25, -0.2) is 0 Å².